The predicted molar refractivity (Wildman–Crippen MR) is 106 cm³/mol. The molecule has 2 amide bonds. The van der Waals surface area contributed by atoms with Gasteiger partial charge in [0.2, 0.25) is 11.8 Å². The van der Waals surface area contributed by atoms with Gasteiger partial charge >= 0.3 is 0 Å². The zero-order chi connectivity index (χ0) is 20.8. The van der Waals surface area contributed by atoms with Crippen LogP contribution in [0.5, 0.6) is 0 Å². The van der Waals surface area contributed by atoms with Crippen LogP contribution in [0.2, 0.25) is 0 Å². The Morgan fingerprint density at radius 2 is 2.07 bits per heavy atom. The number of amides is 2. The van der Waals surface area contributed by atoms with Crippen molar-refractivity contribution in [3.05, 3.63) is 35.8 Å². The highest BCUT2D eigenvalue weighted by Gasteiger charge is 2.41. The standard InChI is InChI=1S/C19H23N5O4S/c1-12-7-13(2)24(22-12)17-4-3-15(9-20-17)21-19(26)14-8-18(25)23(10-14)16-5-6-29(27,28)11-16/h3-4,7,9,14,16H,5-6,8,10-11H2,1-2H3,(H,21,26). The number of nitrogens with one attached hydrogen (secondary N) is 1. The number of rotatable bonds is 4. The molecule has 1 N–H and O–H groups in total. The lowest BCUT2D eigenvalue weighted by atomic mass is 10.1. The quantitative estimate of drug-likeness (QED) is 0.789. The van der Waals surface area contributed by atoms with E-state index in [1.165, 1.54) is 0 Å². The third-order valence-corrected chi connectivity index (χ3v) is 7.17. The van der Waals surface area contributed by atoms with Gasteiger partial charge in [0, 0.05) is 24.7 Å². The van der Waals surface area contributed by atoms with Crippen LogP contribution in [0.1, 0.15) is 24.2 Å². The minimum absolute atomic E-state index is 0.00915. The second kappa shape index (κ2) is 7.25. The van der Waals surface area contributed by atoms with Crippen molar-refractivity contribution in [1.82, 2.24) is 19.7 Å². The highest BCUT2D eigenvalue weighted by atomic mass is 32.2. The molecule has 154 valence electrons. The number of anilines is 1. The molecule has 0 bridgehead atoms. The van der Waals surface area contributed by atoms with Crippen LogP contribution in [0.3, 0.4) is 0 Å². The lowest BCUT2D eigenvalue weighted by molar-refractivity contribution is -0.129. The summed E-state index contributed by atoms with van der Waals surface area (Å²) in [4.78, 5) is 30.8. The number of aryl methyl sites for hydroxylation is 2. The van der Waals surface area contributed by atoms with Crippen molar-refractivity contribution in [2.24, 2.45) is 5.92 Å². The molecule has 2 aromatic heterocycles. The van der Waals surface area contributed by atoms with E-state index in [0.29, 0.717) is 17.9 Å². The highest BCUT2D eigenvalue weighted by molar-refractivity contribution is 7.91. The average molecular weight is 417 g/mol. The van der Waals surface area contributed by atoms with E-state index in [9.17, 15) is 18.0 Å². The van der Waals surface area contributed by atoms with Crippen molar-refractivity contribution in [1.29, 1.82) is 0 Å². The molecule has 29 heavy (non-hydrogen) atoms. The Morgan fingerprint density at radius 3 is 2.66 bits per heavy atom. The van der Waals surface area contributed by atoms with Gasteiger partial charge in [0.15, 0.2) is 15.7 Å². The molecule has 2 saturated heterocycles. The molecule has 9 nitrogen and oxygen atoms in total. The zero-order valence-corrected chi connectivity index (χ0v) is 17.1. The maximum atomic E-state index is 12.6. The summed E-state index contributed by atoms with van der Waals surface area (Å²) in [5, 5.41) is 7.18. The Balaban J connectivity index is 1.39. The van der Waals surface area contributed by atoms with E-state index < -0.39 is 15.8 Å². The molecule has 0 saturated carbocycles. The van der Waals surface area contributed by atoms with Crippen molar-refractivity contribution in [3.63, 3.8) is 0 Å². The first-order valence-corrected chi connectivity index (χ1v) is 11.3. The molecule has 2 aliphatic rings. The molecule has 4 heterocycles. The minimum atomic E-state index is -3.08. The molecule has 10 heteroatoms. The number of carbonyl (C=O) groups excluding carboxylic acids is 2. The van der Waals surface area contributed by atoms with Crippen molar-refractivity contribution in [3.8, 4) is 5.82 Å². The fraction of sp³-hybridized carbons (Fsp3) is 0.474. The van der Waals surface area contributed by atoms with E-state index in [1.54, 1.807) is 27.9 Å². The number of sulfone groups is 1. The lowest BCUT2D eigenvalue weighted by Crippen LogP contribution is -2.38. The first kappa shape index (κ1) is 19.6. The van der Waals surface area contributed by atoms with E-state index in [-0.39, 0.29) is 42.3 Å². The zero-order valence-electron chi connectivity index (χ0n) is 16.3. The van der Waals surface area contributed by atoms with E-state index >= 15 is 0 Å². The number of aromatic nitrogens is 3. The summed E-state index contributed by atoms with van der Waals surface area (Å²) in [5.41, 5.74) is 2.40. The molecule has 4 rings (SSSR count). The molecule has 0 aromatic carbocycles. The Bertz CT molecular complexity index is 1060. The maximum absolute atomic E-state index is 12.6. The van der Waals surface area contributed by atoms with E-state index in [0.717, 1.165) is 11.4 Å². The van der Waals surface area contributed by atoms with Gasteiger partial charge in [0.05, 0.1) is 35.0 Å². The molecule has 2 atom stereocenters. The largest absolute Gasteiger partial charge is 0.338 e. The van der Waals surface area contributed by atoms with Crippen molar-refractivity contribution < 1.29 is 18.0 Å². The molecule has 0 aliphatic carbocycles. The normalized spacial score (nSPS) is 23.5. The molecular weight excluding hydrogens is 394 g/mol. The first-order chi connectivity index (χ1) is 13.7. The topological polar surface area (TPSA) is 114 Å². The summed E-state index contributed by atoms with van der Waals surface area (Å²) in [6.45, 7) is 4.10. The Morgan fingerprint density at radius 1 is 1.28 bits per heavy atom. The number of likely N-dealkylation sites (tertiary alicyclic amines) is 1. The van der Waals surface area contributed by atoms with Crippen LogP contribution in [0.4, 0.5) is 5.69 Å². The van der Waals surface area contributed by atoms with Crippen LogP contribution in [-0.2, 0) is 19.4 Å². The summed E-state index contributed by atoms with van der Waals surface area (Å²) < 4.78 is 25.1. The summed E-state index contributed by atoms with van der Waals surface area (Å²) in [6, 6.07) is 5.15. The molecule has 2 aliphatic heterocycles. The van der Waals surface area contributed by atoms with Crippen LogP contribution in [-0.4, -0.2) is 64.0 Å². The fourth-order valence-electron chi connectivity index (χ4n) is 3.97. The third kappa shape index (κ3) is 4.02. The molecular formula is C19H23N5O4S. The van der Waals surface area contributed by atoms with Gasteiger partial charge in [-0.25, -0.2) is 18.1 Å². The second-order valence-corrected chi connectivity index (χ2v) is 9.97. The van der Waals surface area contributed by atoms with Gasteiger partial charge in [-0.05, 0) is 38.5 Å². The van der Waals surface area contributed by atoms with Gasteiger partial charge in [-0.3, -0.25) is 9.59 Å². The average Bonchev–Trinajstić information content (AvgIpc) is 3.32. The first-order valence-electron chi connectivity index (χ1n) is 9.52. The lowest BCUT2D eigenvalue weighted by Gasteiger charge is -2.22. The molecule has 0 spiro atoms. The van der Waals surface area contributed by atoms with Gasteiger partial charge < -0.3 is 10.2 Å². The maximum Gasteiger partial charge on any atom is 0.229 e. The molecule has 2 aromatic rings. The van der Waals surface area contributed by atoms with Gasteiger partial charge in [-0.2, -0.15) is 5.10 Å². The summed E-state index contributed by atoms with van der Waals surface area (Å²) in [7, 11) is -3.08. The van der Waals surface area contributed by atoms with Crippen LogP contribution in [0.25, 0.3) is 5.82 Å². The number of hydrogen-bond donors (Lipinski definition) is 1. The monoisotopic (exact) mass is 417 g/mol. The second-order valence-electron chi connectivity index (χ2n) is 7.74. The Labute approximate surface area is 169 Å². The van der Waals surface area contributed by atoms with Gasteiger partial charge in [-0.1, -0.05) is 0 Å². The minimum Gasteiger partial charge on any atom is -0.338 e. The Hall–Kier alpha value is -2.75. The van der Waals surface area contributed by atoms with Crippen molar-refractivity contribution >= 4 is 27.3 Å². The van der Waals surface area contributed by atoms with E-state index in [2.05, 4.69) is 15.4 Å². The van der Waals surface area contributed by atoms with Gasteiger partial charge in [0.25, 0.3) is 0 Å². The van der Waals surface area contributed by atoms with Gasteiger partial charge in [0.1, 0.15) is 0 Å². The number of carbonyl (C=O) groups is 2. The molecule has 0 radical (unpaired) electrons. The van der Waals surface area contributed by atoms with E-state index in [1.807, 2.05) is 19.9 Å². The number of hydrogen-bond acceptors (Lipinski definition) is 6. The van der Waals surface area contributed by atoms with Crippen molar-refractivity contribution in [2.45, 2.75) is 32.7 Å². The van der Waals surface area contributed by atoms with Gasteiger partial charge in [-0.15, -0.1) is 0 Å². The molecule has 2 unspecified atom stereocenters. The van der Waals surface area contributed by atoms with Crippen molar-refractivity contribution in [2.75, 3.05) is 23.4 Å². The smallest absolute Gasteiger partial charge is 0.229 e. The third-order valence-electron chi connectivity index (χ3n) is 5.42. The number of nitrogens with zero attached hydrogens (tertiary/aromatic N) is 4. The fourth-order valence-corrected chi connectivity index (χ4v) is 5.70. The summed E-state index contributed by atoms with van der Waals surface area (Å²) in [6.07, 6.45) is 2.10. The molecule has 2 fully saturated rings. The van der Waals surface area contributed by atoms with Crippen LogP contribution in [0, 0.1) is 19.8 Å². The Kier molecular flexibility index (Phi) is 4.89. The van der Waals surface area contributed by atoms with Crippen LogP contribution in [0.15, 0.2) is 24.4 Å². The SMILES string of the molecule is Cc1cc(C)n(-c2ccc(NC(=O)C3CC(=O)N(C4CCS(=O)(=O)C4)C3)cn2)n1. The van der Waals surface area contributed by atoms with Crippen LogP contribution >= 0.6 is 0 Å². The summed E-state index contributed by atoms with van der Waals surface area (Å²) in [5.74, 6) is -0.177. The summed E-state index contributed by atoms with van der Waals surface area (Å²) >= 11 is 0. The predicted octanol–water partition coefficient (Wildman–Crippen LogP) is 0.858. The number of pyridine rings is 1. The van der Waals surface area contributed by atoms with Crippen LogP contribution < -0.4 is 5.32 Å². The highest BCUT2D eigenvalue weighted by Crippen LogP contribution is 2.27. The van der Waals surface area contributed by atoms with E-state index in [4.69, 9.17) is 0 Å².